The smallest absolute Gasteiger partial charge is 0.251 e. The van der Waals surface area contributed by atoms with Gasteiger partial charge in [0.1, 0.15) is 10.3 Å². The zero-order valence-electron chi connectivity index (χ0n) is 9.30. The average Bonchev–Trinajstić information content (AvgIpc) is 3.05. The van der Waals surface area contributed by atoms with Gasteiger partial charge >= 0.3 is 0 Å². The maximum atomic E-state index is 11.9. The standard InChI is InChI=1S/C11H12Cl2N2OS/c1-17-11(2-3-11)6-14-10(16)7-4-8(12)15-9(13)5-7/h4-5H,2-3,6H2,1H3,(H,14,16). The Labute approximate surface area is 114 Å². The van der Waals surface area contributed by atoms with Crippen molar-refractivity contribution in [2.45, 2.75) is 17.6 Å². The molecule has 1 aliphatic rings. The van der Waals surface area contributed by atoms with E-state index in [4.69, 9.17) is 23.2 Å². The summed E-state index contributed by atoms with van der Waals surface area (Å²) in [5.74, 6) is -0.156. The molecule has 1 saturated carbocycles. The average molecular weight is 291 g/mol. The van der Waals surface area contributed by atoms with E-state index in [1.807, 2.05) is 0 Å². The molecular weight excluding hydrogens is 279 g/mol. The van der Waals surface area contributed by atoms with Crippen LogP contribution in [0.3, 0.4) is 0 Å². The molecule has 1 N–H and O–H groups in total. The molecule has 0 atom stereocenters. The molecule has 1 fully saturated rings. The van der Waals surface area contributed by atoms with Crippen molar-refractivity contribution in [3.8, 4) is 0 Å². The van der Waals surface area contributed by atoms with Gasteiger partial charge in [-0.1, -0.05) is 23.2 Å². The summed E-state index contributed by atoms with van der Waals surface area (Å²) in [7, 11) is 0. The van der Waals surface area contributed by atoms with Crippen molar-refractivity contribution in [3.63, 3.8) is 0 Å². The molecule has 0 unspecified atom stereocenters. The predicted octanol–water partition coefficient (Wildman–Crippen LogP) is 3.01. The molecule has 1 amide bonds. The number of nitrogens with one attached hydrogen (secondary N) is 1. The highest BCUT2D eigenvalue weighted by Crippen LogP contribution is 2.46. The van der Waals surface area contributed by atoms with Gasteiger partial charge in [0.2, 0.25) is 0 Å². The van der Waals surface area contributed by atoms with E-state index < -0.39 is 0 Å². The van der Waals surface area contributed by atoms with Crippen molar-refractivity contribution in [1.82, 2.24) is 10.3 Å². The lowest BCUT2D eigenvalue weighted by atomic mass is 10.2. The van der Waals surface area contributed by atoms with Crippen molar-refractivity contribution in [2.24, 2.45) is 0 Å². The number of halogens is 2. The second-order valence-corrected chi connectivity index (χ2v) is 6.12. The topological polar surface area (TPSA) is 42.0 Å². The first-order chi connectivity index (χ1) is 8.04. The molecule has 0 spiro atoms. The quantitative estimate of drug-likeness (QED) is 0.867. The molecule has 1 heterocycles. The Morgan fingerprint density at radius 2 is 2.06 bits per heavy atom. The fraction of sp³-hybridized carbons (Fsp3) is 0.455. The summed E-state index contributed by atoms with van der Waals surface area (Å²) in [6.07, 6.45) is 4.39. The minimum atomic E-state index is -0.156. The zero-order chi connectivity index (χ0) is 12.5. The van der Waals surface area contributed by atoms with Crippen molar-refractivity contribution in [3.05, 3.63) is 28.0 Å². The molecule has 0 aliphatic heterocycles. The lowest BCUT2D eigenvalue weighted by molar-refractivity contribution is 0.0953. The molecular formula is C11H12Cl2N2OS. The number of thioether (sulfide) groups is 1. The molecule has 1 aromatic rings. The molecule has 92 valence electrons. The van der Waals surface area contributed by atoms with Gasteiger partial charge in [0.25, 0.3) is 5.91 Å². The van der Waals surface area contributed by atoms with E-state index in [1.54, 1.807) is 11.8 Å². The molecule has 0 radical (unpaired) electrons. The van der Waals surface area contributed by atoms with E-state index in [1.165, 1.54) is 12.1 Å². The number of hydrogen-bond donors (Lipinski definition) is 1. The molecule has 0 aromatic carbocycles. The Balaban J connectivity index is 1.99. The van der Waals surface area contributed by atoms with Crippen molar-refractivity contribution in [1.29, 1.82) is 0 Å². The highest BCUT2D eigenvalue weighted by Gasteiger charge is 2.41. The number of carbonyl (C=O) groups excluding carboxylic acids is 1. The van der Waals surface area contributed by atoms with E-state index >= 15 is 0 Å². The first-order valence-corrected chi connectivity index (χ1v) is 7.19. The lowest BCUT2D eigenvalue weighted by Gasteiger charge is -2.13. The first kappa shape index (κ1) is 13.0. The Morgan fingerprint density at radius 3 is 2.53 bits per heavy atom. The molecule has 0 bridgehead atoms. The summed E-state index contributed by atoms with van der Waals surface area (Å²) in [6, 6.07) is 3.03. The van der Waals surface area contributed by atoms with Crippen LogP contribution in [0.2, 0.25) is 10.3 Å². The number of amides is 1. The normalized spacial score (nSPS) is 16.6. The van der Waals surface area contributed by atoms with Crippen LogP contribution in [0.4, 0.5) is 0 Å². The Morgan fingerprint density at radius 1 is 1.47 bits per heavy atom. The summed E-state index contributed by atoms with van der Waals surface area (Å²) in [4.78, 5) is 15.7. The van der Waals surface area contributed by atoms with E-state index in [9.17, 15) is 4.79 Å². The van der Waals surface area contributed by atoms with Crippen molar-refractivity contribution >= 4 is 40.9 Å². The van der Waals surface area contributed by atoms with Crippen molar-refractivity contribution < 1.29 is 4.79 Å². The monoisotopic (exact) mass is 290 g/mol. The molecule has 3 nitrogen and oxygen atoms in total. The maximum absolute atomic E-state index is 11.9. The van der Waals surface area contributed by atoms with E-state index in [2.05, 4.69) is 16.6 Å². The zero-order valence-corrected chi connectivity index (χ0v) is 11.6. The number of rotatable bonds is 4. The highest BCUT2D eigenvalue weighted by molar-refractivity contribution is 8.00. The molecule has 6 heteroatoms. The van der Waals surface area contributed by atoms with Crippen LogP contribution < -0.4 is 5.32 Å². The third-order valence-corrected chi connectivity index (χ3v) is 4.64. The van der Waals surface area contributed by atoms with Gasteiger partial charge in [-0.05, 0) is 31.2 Å². The van der Waals surface area contributed by atoms with E-state index in [0.717, 1.165) is 12.8 Å². The maximum Gasteiger partial charge on any atom is 0.251 e. The van der Waals surface area contributed by atoms with Gasteiger partial charge in [0, 0.05) is 16.9 Å². The fourth-order valence-corrected chi connectivity index (χ4v) is 2.72. The fourth-order valence-electron chi connectivity index (χ4n) is 1.53. The molecule has 2 rings (SSSR count). The Kier molecular flexibility index (Phi) is 3.85. The van der Waals surface area contributed by atoms with Gasteiger partial charge in [-0.25, -0.2) is 4.98 Å². The summed E-state index contributed by atoms with van der Waals surface area (Å²) >= 11 is 13.3. The number of pyridine rings is 1. The summed E-state index contributed by atoms with van der Waals surface area (Å²) in [5, 5.41) is 3.36. The van der Waals surface area contributed by atoms with Gasteiger partial charge in [0.15, 0.2) is 0 Å². The second kappa shape index (κ2) is 5.04. The van der Waals surface area contributed by atoms with Crippen LogP contribution >= 0.6 is 35.0 Å². The molecule has 1 aliphatic carbocycles. The van der Waals surface area contributed by atoms with Gasteiger partial charge in [-0.3, -0.25) is 4.79 Å². The number of hydrogen-bond acceptors (Lipinski definition) is 3. The van der Waals surface area contributed by atoms with Crippen molar-refractivity contribution in [2.75, 3.05) is 12.8 Å². The van der Waals surface area contributed by atoms with Crippen LogP contribution in [-0.2, 0) is 0 Å². The Hall–Kier alpha value is -0.450. The number of carbonyl (C=O) groups is 1. The molecule has 17 heavy (non-hydrogen) atoms. The van der Waals surface area contributed by atoms with Crippen LogP contribution in [0.5, 0.6) is 0 Å². The third-order valence-electron chi connectivity index (χ3n) is 2.84. The van der Waals surface area contributed by atoms with Crippen LogP contribution in [-0.4, -0.2) is 28.4 Å². The molecule has 0 saturated heterocycles. The van der Waals surface area contributed by atoms with Gasteiger partial charge in [-0.15, -0.1) is 0 Å². The minimum absolute atomic E-state index is 0.156. The Bertz CT molecular complexity index is 429. The highest BCUT2D eigenvalue weighted by atomic mass is 35.5. The van der Waals surface area contributed by atoms with Crippen LogP contribution in [0.15, 0.2) is 12.1 Å². The number of nitrogens with zero attached hydrogens (tertiary/aromatic N) is 1. The molecule has 1 aromatic heterocycles. The SMILES string of the molecule is CSC1(CNC(=O)c2cc(Cl)nc(Cl)c2)CC1. The lowest BCUT2D eigenvalue weighted by Crippen LogP contribution is -2.31. The van der Waals surface area contributed by atoms with E-state index in [0.29, 0.717) is 12.1 Å². The van der Waals surface area contributed by atoms with Gasteiger partial charge < -0.3 is 5.32 Å². The van der Waals surface area contributed by atoms with Crippen LogP contribution in [0.1, 0.15) is 23.2 Å². The largest absolute Gasteiger partial charge is 0.351 e. The predicted molar refractivity (Wildman–Crippen MR) is 72.1 cm³/mol. The second-order valence-electron chi connectivity index (χ2n) is 4.07. The van der Waals surface area contributed by atoms with Gasteiger partial charge in [-0.2, -0.15) is 11.8 Å². The number of aromatic nitrogens is 1. The van der Waals surface area contributed by atoms with Gasteiger partial charge in [0.05, 0.1) is 0 Å². The van der Waals surface area contributed by atoms with Crippen LogP contribution in [0, 0.1) is 0 Å². The third kappa shape index (κ3) is 3.27. The van der Waals surface area contributed by atoms with Crippen LogP contribution in [0.25, 0.3) is 0 Å². The summed E-state index contributed by atoms with van der Waals surface area (Å²) in [5.41, 5.74) is 0.451. The van der Waals surface area contributed by atoms with E-state index in [-0.39, 0.29) is 21.0 Å². The minimum Gasteiger partial charge on any atom is -0.351 e. The summed E-state index contributed by atoms with van der Waals surface area (Å²) < 4.78 is 0.246. The first-order valence-electron chi connectivity index (χ1n) is 5.21. The summed E-state index contributed by atoms with van der Waals surface area (Å²) in [6.45, 7) is 0.685.